The number of nitrogens with one attached hydrogen (secondary N) is 2. The van der Waals surface area contributed by atoms with Gasteiger partial charge in [-0.15, -0.1) is 12.4 Å². The summed E-state index contributed by atoms with van der Waals surface area (Å²) in [7, 11) is -3.22. The third-order valence-electron chi connectivity index (χ3n) is 3.36. The van der Waals surface area contributed by atoms with E-state index in [2.05, 4.69) is 16.1 Å². The summed E-state index contributed by atoms with van der Waals surface area (Å²) in [6, 6.07) is 0. The van der Waals surface area contributed by atoms with E-state index in [1.165, 1.54) is 5.57 Å². The Balaban J connectivity index is 0.00000180. The molecule has 2 aliphatic heterocycles. The van der Waals surface area contributed by atoms with Gasteiger partial charge in [0.15, 0.2) is 0 Å². The highest BCUT2D eigenvalue weighted by Gasteiger charge is 2.21. The Kier molecular flexibility index (Phi) is 7.31. The molecule has 2 heterocycles. The molecule has 2 N–H and O–H groups in total. The summed E-state index contributed by atoms with van der Waals surface area (Å²) in [4.78, 5) is 0. The first-order valence-corrected chi connectivity index (χ1v) is 8.28. The van der Waals surface area contributed by atoms with Crippen molar-refractivity contribution in [2.45, 2.75) is 31.8 Å². The summed E-state index contributed by atoms with van der Waals surface area (Å²) in [6.45, 7) is 2.90. The lowest BCUT2D eigenvalue weighted by Crippen LogP contribution is -2.36. The molecule has 0 aromatic carbocycles. The predicted octanol–water partition coefficient (Wildman–Crippen LogP) is 0.816. The molecule has 0 spiro atoms. The first-order valence-electron chi connectivity index (χ1n) is 6.63. The van der Waals surface area contributed by atoms with Gasteiger partial charge in [0.2, 0.25) is 10.0 Å². The molecule has 5 nitrogen and oxygen atoms in total. The summed E-state index contributed by atoms with van der Waals surface area (Å²) in [5.41, 5.74) is 1.17. The Morgan fingerprint density at radius 3 is 2.89 bits per heavy atom. The number of hydrogen-bond donors (Lipinski definition) is 2. The summed E-state index contributed by atoms with van der Waals surface area (Å²) >= 11 is 0. The molecule has 19 heavy (non-hydrogen) atoms. The van der Waals surface area contributed by atoms with Crippen LogP contribution in [0.25, 0.3) is 0 Å². The third-order valence-corrected chi connectivity index (χ3v) is 4.75. The van der Waals surface area contributed by atoms with Crippen LogP contribution in [0, 0.1) is 0 Å². The van der Waals surface area contributed by atoms with Gasteiger partial charge in [0.05, 0.1) is 11.9 Å². The minimum Gasteiger partial charge on any atom is -0.377 e. The molecule has 0 bridgehead atoms. The molecule has 0 aromatic heterocycles. The quantitative estimate of drug-likeness (QED) is 0.738. The molecule has 0 radical (unpaired) electrons. The standard InChI is InChI=1S/C12H22N2O3S.ClH/c15-18(16,10-12-3-1-2-8-17-12)14-9-11-4-6-13-7-5-11;/h4,12-14H,1-3,5-10H2;1H. The zero-order chi connectivity index (χ0) is 12.8. The van der Waals surface area contributed by atoms with Crippen LogP contribution in [0.2, 0.25) is 0 Å². The second kappa shape index (κ2) is 8.21. The maximum atomic E-state index is 11.9. The molecule has 0 amide bonds. The SMILES string of the molecule is Cl.O=S(=O)(CC1CCCCO1)NCC1=CCNCC1. The topological polar surface area (TPSA) is 67.4 Å². The maximum Gasteiger partial charge on any atom is 0.214 e. The second-order valence-electron chi connectivity index (χ2n) is 4.91. The van der Waals surface area contributed by atoms with E-state index in [4.69, 9.17) is 4.74 Å². The average molecular weight is 311 g/mol. The predicted molar refractivity (Wildman–Crippen MR) is 78.2 cm³/mol. The molecular formula is C12H23ClN2O3S. The van der Waals surface area contributed by atoms with E-state index in [1.807, 2.05) is 0 Å². The van der Waals surface area contributed by atoms with Crippen molar-refractivity contribution in [2.75, 3.05) is 32.0 Å². The van der Waals surface area contributed by atoms with E-state index < -0.39 is 10.0 Å². The fraction of sp³-hybridized carbons (Fsp3) is 0.833. The van der Waals surface area contributed by atoms with E-state index in [0.29, 0.717) is 13.2 Å². The van der Waals surface area contributed by atoms with Crippen molar-refractivity contribution in [3.05, 3.63) is 11.6 Å². The highest BCUT2D eigenvalue weighted by atomic mass is 35.5. The van der Waals surface area contributed by atoms with Crippen molar-refractivity contribution in [3.63, 3.8) is 0 Å². The Morgan fingerprint density at radius 1 is 1.42 bits per heavy atom. The van der Waals surface area contributed by atoms with Crippen LogP contribution in [-0.4, -0.2) is 46.5 Å². The largest absolute Gasteiger partial charge is 0.377 e. The van der Waals surface area contributed by atoms with E-state index >= 15 is 0 Å². The lowest BCUT2D eigenvalue weighted by molar-refractivity contribution is 0.0304. The number of hydrogen-bond acceptors (Lipinski definition) is 4. The summed E-state index contributed by atoms with van der Waals surface area (Å²) in [5.74, 6) is 0.0958. The van der Waals surface area contributed by atoms with Gasteiger partial charge in [0.25, 0.3) is 0 Å². The smallest absolute Gasteiger partial charge is 0.214 e. The van der Waals surface area contributed by atoms with Gasteiger partial charge >= 0.3 is 0 Å². The van der Waals surface area contributed by atoms with Gasteiger partial charge in [-0.2, -0.15) is 0 Å². The Hall–Kier alpha value is -0.140. The Bertz CT molecular complexity index is 392. The number of ether oxygens (including phenoxy) is 1. The molecule has 1 atom stereocenters. The minimum atomic E-state index is -3.22. The molecule has 1 unspecified atom stereocenters. The third kappa shape index (κ3) is 6.23. The molecular weight excluding hydrogens is 288 g/mol. The highest BCUT2D eigenvalue weighted by molar-refractivity contribution is 7.89. The van der Waals surface area contributed by atoms with E-state index in [-0.39, 0.29) is 24.3 Å². The van der Waals surface area contributed by atoms with Gasteiger partial charge in [0, 0.05) is 19.7 Å². The van der Waals surface area contributed by atoms with Gasteiger partial charge in [-0.1, -0.05) is 11.6 Å². The Morgan fingerprint density at radius 2 is 2.26 bits per heavy atom. The van der Waals surface area contributed by atoms with Crippen molar-refractivity contribution in [1.82, 2.24) is 10.0 Å². The molecule has 0 saturated carbocycles. The van der Waals surface area contributed by atoms with Crippen LogP contribution in [0.1, 0.15) is 25.7 Å². The van der Waals surface area contributed by atoms with Crippen LogP contribution in [0.3, 0.4) is 0 Å². The first kappa shape index (κ1) is 16.9. The highest BCUT2D eigenvalue weighted by Crippen LogP contribution is 2.14. The molecule has 1 saturated heterocycles. The van der Waals surface area contributed by atoms with Gasteiger partial charge in [0.1, 0.15) is 0 Å². The van der Waals surface area contributed by atoms with Gasteiger partial charge in [-0.25, -0.2) is 13.1 Å². The van der Waals surface area contributed by atoms with E-state index in [9.17, 15) is 8.42 Å². The molecule has 7 heteroatoms. The maximum absolute atomic E-state index is 11.9. The molecule has 2 rings (SSSR count). The monoisotopic (exact) mass is 310 g/mol. The fourth-order valence-corrected chi connectivity index (χ4v) is 3.55. The fourth-order valence-electron chi connectivity index (χ4n) is 2.28. The van der Waals surface area contributed by atoms with E-state index in [1.54, 1.807) is 0 Å². The van der Waals surface area contributed by atoms with Crippen LogP contribution < -0.4 is 10.0 Å². The normalized spacial score (nSPS) is 24.4. The lowest BCUT2D eigenvalue weighted by Gasteiger charge is -2.22. The van der Waals surface area contributed by atoms with Crippen LogP contribution in [0.4, 0.5) is 0 Å². The van der Waals surface area contributed by atoms with Crippen molar-refractivity contribution in [1.29, 1.82) is 0 Å². The summed E-state index contributed by atoms with van der Waals surface area (Å²) in [6.07, 6.45) is 5.82. The Labute approximate surface area is 121 Å². The van der Waals surface area contributed by atoms with Crippen LogP contribution in [-0.2, 0) is 14.8 Å². The zero-order valence-corrected chi connectivity index (χ0v) is 12.7. The van der Waals surface area contributed by atoms with Gasteiger partial charge in [-0.3, -0.25) is 0 Å². The number of rotatable bonds is 5. The number of halogens is 1. The zero-order valence-electron chi connectivity index (χ0n) is 11.1. The van der Waals surface area contributed by atoms with Gasteiger partial charge in [-0.05, 0) is 32.2 Å². The molecule has 2 aliphatic rings. The molecule has 112 valence electrons. The van der Waals surface area contributed by atoms with Crippen LogP contribution in [0.5, 0.6) is 0 Å². The van der Waals surface area contributed by atoms with Crippen molar-refractivity contribution >= 4 is 22.4 Å². The summed E-state index contributed by atoms with van der Waals surface area (Å²) in [5, 5.41) is 3.20. The first-order chi connectivity index (χ1) is 8.66. The van der Waals surface area contributed by atoms with Crippen LogP contribution >= 0.6 is 12.4 Å². The molecule has 0 aromatic rings. The average Bonchev–Trinajstić information content (AvgIpc) is 2.38. The number of sulfonamides is 1. The minimum absolute atomic E-state index is 0. The molecule has 1 fully saturated rings. The van der Waals surface area contributed by atoms with Crippen molar-refractivity contribution in [2.24, 2.45) is 0 Å². The van der Waals surface area contributed by atoms with Crippen molar-refractivity contribution < 1.29 is 13.2 Å². The second-order valence-corrected chi connectivity index (χ2v) is 6.76. The van der Waals surface area contributed by atoms with Crippen molar-refractivity contribution in [3.8, 4) is 0 Å². The lowest BCUT2D eigenvalue weighted by atomic mass is 10.1. The molecule has 0 aliphatic carbocycles. The van der Waals surface area contributed by atoms with Crippen LogP contribution in [0.15, 0.2) is 11.6 Å². The van der Waals surface area contributed by atoms with E-state index in [0.717, 1.165) is 38.8 Å². The van der Waals surface area contributed by atoms with Gasteiger partial charge < -0.3 is 10.1 Å². The summed E-state index contributed by atoms with van der Waals surface area (Å²) < 4.78 is 31.9.